The maximum absolute atomic E-state index is 14.3. The summed E-state index contributed by atoms with van der Waals surface area (Å²) >= 11 is 9.28. The van der Waals surface area contributed by atoms with Crippen molar-refractivity contribution in [3.63, 3.8) is 0 Å². The fourth-order valence-electron chi connectivity index (χ4n) is 5.15. The molecule has 0 radical (unpaired) electrons. The number of hydrogen-bond donors (Lipinski definition) is 2. The van der Waals surface area contributed by atoms with Gasteiger partial charge in [0.15, 0.2) is 5.13 Å². The van der Waals surface area contributed by atoms with Crippen LogP contribution in [0.1, 0.15) is 0 Å². The smallest absolute Gasteiger partial charge is 0.227 e. The second-order valence-corrected chi connectivity index (χ2v) is 12.8. The lowest BCUT2D eigenvalue weighted by Crippen LogP contribution is -2.36. The van der Waals surface area contributed by atoms with Crippen LogP contribution in [-0.2, 0) is 9.47 Å². The van der Waals surface area contributed by atoms with Crippen molar-refractivity contribution in [1.82, 2.24) is 19.9 Å². The van der Waals surface area contributed by atoms with Crippen molar-refractivity contribution in [2.24, 2.45) is 0 Å². The predicted octanol–water partition coefficient (Wildman–Crippen LogP) is 7.13. The Morgan fingerprint density at radius 2 is 1.55 bits per heavy atom. The Kier molecular flexibility index (Phi) is 9.63. The predicted molar refractivity (Wildman–Crippen MR) is 183 cm³/mol. The van der Waals surface area contributed by atoms with Crippen LogP contribution in [-0.4, -0.2) is 72.5 Å². The van der Waals surface area contributed by atoms with Gasteiger partial charge in [-0.15, -0.1) is 0 Å². The third-order valence-corrected chi connectivity index (χ3v) is 10.0. The molecule has 0 spiro atoms. The monoisotopic (exact) mass is 694 g/mol. The second-order valence-electron chi connectivity index (χ2n) is 10.6. The summed E-state index contributed by atoms with van der Waals surface area (Å²) in [5, 5.41) is 4.43. The quantitative estimate of drug-likeness (QED) is 0.154. The maximum atomic E-state index is 14.3. The summed E-state index contributed by atoms with van der Waals surface area (Å²) in [4.78, 5) is 24.0. The normalized spacial score (nSPS) is 15.1. The van der Waals surface area contributed by atoms with Crippen LogP contribution < -0.4 is 19.8 Å². The van der Waals surface area contributed by atoms with Crippen molar-refractivity contribution in [2.75, 3.05) is 72.4 Å². The first-order valence-corrected chi connectivity index (χ1v) is 16.9. The molecule has 10 nitrogen and oxygen atoms in total. The zero-order valence-corrected chi connectivity index (χ0v) is 27.3. The molecule has 7 rings (SSSR count). The van der Waals surface area contributed by atoms with Gasteiger partial charge in [-0.2, -0.15) is 0 Å². The van der Waals surface area contributed by atoms with Gasteiger partial charge in [-0.3, -0.25) is 0 Å². The number of anilines is 5. The lowest BCUT2D eigenvalue weighted by molar-refractivity contribution is 0.122. The minimum atomic E-state index is -0.663. The Labute approximate surface area is 283 Å². The molecule has 242 valence electrons. The zero-order chi connectivity index (χ0) is 32.2. The van der Waals surface area contributed by atoms with Crippen LogP contribution in [0.4, 0.5) is 37.1 Å². The molecule has 2 aliphatic rings. The average Bonchev–Trinajstić information content (AvgIpc) is 3.55. The van der Waals surface area contributed by atoms with Crippen LogP contribution in [0.15, 0.2) is 71.9 Å². The number of nitrogens with zero attached hydrogens (tertiary/aromatic N) is 6. The molecule has 0 amide bonds. The molecule has 3 aromatic heterocycles. The van der Waals surface area contributed by atoms with E-state index >= 15 is 0 Å². The highest BCUT2D eigenvalue weighted by Gasteiger charge is 2.24. The largest absolute Gasteiger partial charge is 0.378 e. The minimum Gasteiger partial charge on any atom is -0.378 e. The molecule has 0 saturated carbocycles. The molecule has 0 atom stereocenters. The molecule has 2 aliphatic heterocycles. The third-order valence-electron chi connectivity index (χ3n) is 7.56. The molecule has 0 unspecified atom stereocenters. The lowest BCUT2D eigenvalue weighted by Gasteiger charge is -2.27. The molecule has 5 heterocycles. The van der Waals surface area contributed by atoms with E-state index in [1.807, 2.05) is 30.3 Å². The van der Waals surface area contributed by atoms with Crippen LogP contribution in [0.2, 0.25) is 5.02 Å². The molecule has 15 heteroatoms. The van der Waals surface area contributed by atoms with Crippen LogP contribution in [0.3, 0.4) is 0 Å². The van der Waals surface area contributed by atoms with Gasteiger partial charge in [0.2, 0.25) is 5.95 Å². The van der Waals surface area contributed by atoms with Gasteiger partial charge < -0.3 is 29.3 Å². The van der Waals surface area contributed by atoms with Crippen LogP contribution >= 0.6 is 34.9 Å². The number of hydrogen-bond acceptors (Lipinski definition) is 12. The van der Waals surface area contributed by atoms with Gasteiger partial charge in [0.05, 0.1) is 70.2 Å². The summed E-state index contributed by atoms with van der Waals surface area (Å²) in [5.74, 6) is -0.0301. The molecule has 47 heavy (non-hydrogen) atoms. The van der Waals surface area contributed by atoms with E-state index in [0.29, 0.717) is 73.1 Å². The van der Waals surface area contributed by atoms with Gasteiger partial charge in [0.1, 0.15) is 17.5 Å². The highest BCUT2D eigenvalue weighted by molar-refractivity contribution is 8.00. The van der Waals surface area contributed by atoms with E-state index in [1.165, 1.54) is 29.5 Å². The topological polar surface area (TPSA) is 101 Å². The Morgan fingerprint density at radius 3 is 2.28 bits per heavy atom. The fraction of sp³-hybridized carbons (Fsp3) is 0.250. The van der Waals surface area contributed by atoms with Crippen molar-refractivity contribution < 1.29 is 18.3 Å². The summed E-state index contributed by atoms with van der Waals surface area (Å²) in [7, 11) is 0. The van der Waals surface area contributed by atoms with E-state index in [9.17, 15) is 8.78 Å². The van der Waals surface area contributed by atoms with E-state index in [0.717, 1.165) is 46.6 Å². The fourth-order valence-corrected chi connectivity index (χ4v) is 7.28. The van der Waals surface area contributed by atoms with E-state index in [1.54, 1.807) is 18.5 Å². The van der Waals surface area contributed by atoms with Crippen molar-refractivity contribution in [3.05, 3.63) is 83.6 Å². The van der Waals surface area contributed by atoms with Crippen LogP contribution in [0, 0.1) is 11.6 Å². The summed E-state index contributed by atoms with van der Waals surface area (Å²) in [6, 6.07) is 14.9. The van der Waals surface area contributed by atoms with E-state index in [-0.39, 0.29) is 4.90 Å². The molecule has 0 bridgehead atoms. The van der Waals surface area contributed by atoms with Crippen LogP contribution in [0.5, 0.6) is 0 Å². The number of rotatable bonds is 9. The molecule has 5 aromatic rings. The highest BCUT2D eigenvalue weighted by Crippen LogP contribution is 2.44. The Bertz CT molecular complexity index is 1830. The average molecular weight is 695 g/mol. The number of benzene rings is 2. The maximum Gasteiger partial charge on any atom is 0.227 e. The molecular weight excluding hydrogens is 666 g/mol. The van der Waals surface area contributed by atoms with Crippen LogP contribution in [0.25, 0.3) is 21.8 Å². The number of morpholine rings is 2. The van der Waals surface area contributed by atoms with Crippen molar-refractivity contribution >= 4 is 63.2 Å². The summed E-state index contributed by atoms with van der Waals surface area (Å²) in [5.41, 5.74) is 3.18. The summed E-state index contributed by atoms with van der Waals surface area (Å²) in [6.45, 7) is 5.61. The molecule has 0 aliphatic carbocycles. The number of halogens is 3. The SMILES string of the molecule is Fc1cccc(F)c1SNc1cccc(-c2nc(N3CCOCC3)sc2-c2ccnc(Nc3ccc(N4CCOCC4)nc3)n2)c1Cl. The molecule has 2 aromatic carbocycles. The lowest BCUT2D eigenvalue weighted by atomic mass is 10.1. The molecule has 2 saturated heterocycles. The Hall–Kier alpha value is -4.08. The van der Waals surface area contributed by atoms with Gasteiger partial charge in [0, 0.05) is 37.9 Å². The van der Waals surface area contributed by atoms with Crippen molar-refractivity contribution in [3.8, 4) is 21.8 Å². The zero-order valence-electron chi connectivity index (χ0n) is 25.0. The van der Waals surface area contributed by atoms with Gasteiger partial charge in [-0.25, -0.2) is 28.7 Å². The van der Waals surface area contributed by atoms with Crippen molar-refractivity contribution in [2.45, 2.75) is 4.90 Å². The first-order chi connectivity index (χ1) is 23.0. The highest BCUT2D eigenvalue weighted by atomic mass is 35.5. The third kappa shape index (κ3) is 7.11. The van der Waals surface area contributed by atoms with Gasteiger partial charge in [-0.1, -0.05) is 41.1 Å². The first kappa shape index (κ1) is 31.5. The van der Waals surface area contributed by atoms with Crippen molar-refractivity contribution in [1.29, 1.82) is 0 Å². The van der Waals surface area contributed by atoms with E-state index in [2.05, 4.69) is 29.8 Å². The minimum absolute atomic E-state index is 0.148. The summed E-state index contributed by atoms with van der Waals surface area (Å²) < 4.78 is 42.6. The Morgan fingerprint density at radius 1 is 0.830 bits per heavy atom. The number of nitrogens with one attached hydrogen (secondary N) is 2. The number of pyridine rings is 1. The summed E-state index contributed by atoms with van der Waals surface area (Å²) in [6.07, 6.45) is 3.45. The number of thiazole rings is 1. The second kappa shape index (κ2) is 14.4. The standard InChI is InChI=1S/C32H29ClF2N8O2S2/c33-27-21(3-1-6-24(27)41-47-29-22(34)4-2-5-23(29)35)28-30(46-32(40-28)43-13-17-45-18-14-43)25-9-10-36-31(39-25)38-20-7-8-26(37-19-20)42-11-15-44-16-12-42/h1-10,19,41H,11-18H2,(H,36,38,39). The Balaban J connectivity index is 1.19. The first-order valence-electron chi connectivity index (χ1n) is 14.9. The molecular formula is C32H29ClF2N8O2S2. The molecule has 2 fully saturated rings. The van der Waals surface area contributed by atoms with Gasteiger partial charge >= 0.3 is 0 Å². The van der Waals surface area contributed by atoms with Gasteiger partial charge in [0.25, 0.3) is 0 Å². The number of aromatic nitrogens is 4. The van der Waals surface area contributed by atoms with Gasteiger partial charge in [-0.05, 0) is 48.3 Å². The van der Waals surface area contributed by atoms with E-state index in [4.69, 9.17) is 31.0 Å². The van der Waals surface area contributed by atoms with E-state index < -0.39 is 11.6 Å². The number of ether oxygens (including phenoxy) is 2. The molecule has 2 N–H and O–H groups in total.